The Morgan fingerprint density at radius 1 is 1.23 bits per heavy atom. The fourth-order valence-corrected chi connectivity index (χ4v) is 3.02. The Balaban J connectivity index is 2.03. The number of anilines is 1. The summed E-state index contributed by atoms with van der Waals surface area (Å²) in [6.45, 7) is 1.81. The van der Waals surface area contributed by atoms with Crippen molar-refractivity contribution in [2.45, 2.75) is 18.9 Å². The number of hydrogen-bond acceptors (Lipinski definition) is 3. The van der Waals surface area contributed by atoms with Gasteiger partial charge in [0.05, 0.1) is 12.1 Å². The number of aryl methyl sites for hydroxylation is 1. The second-order valence-electron chi connectivity index (χ2n) is 5.39. The molecule has 1 aliphatic rings. The molecular weight excluding hydrogens is 302 g/mol. The molecule has 2 N–H and O–H groups in total. The van der Waals surface area contributed by atoms with Crippen LogP contribution in [-0.2, 0) is 10.4 Å². The Morgan fingerprint density at radius 3 is 2.59 bits per heavy atom. The van der Waals surface area contributed by atoms with Gasteiger partial charge < -0.3 is 10.4 Å². The van der Waals surface area contributed by atoms with Crippen LogP contribution in [0.2, 0.25) is 5.02 Å². The topological polar surface area (TPSA) is 66.4 Å². The lowest BCUT2D eigenvalue weighted by Gasteiger charge is -2.21. The molecule has 5 heteroatoms. The molecule has 2 aromatic carbocycles. The predicted octanol–water partition coefficient (Wildman–Crippen LogP) is 3.06. The minimum atomic E-state index is -1.94. The number of amides is 1. The molecule has 0 aliphatic carbocycles. The van der Waals surface area contributed by atoms with Crippen molar-refractivity contribution < 1.29 is 14.7 Å². The van der Waals surface area contributed by atoms with Crippen LogP contribution < -0.4 is 5.32 Å². The van der Waals surface area contributed by atoms with Gasteiger partial charge in [0, 0.05) is 16.1 Å². The zero-order valence-corrected chi connectivity index (χ0v) is 12.6. The second kappa shape index (κ2) is 5.23. The fourth-order valence-electron chi connectivity index (χ4n) is 2.70. The number of carbonyl (C=O) groups is 2. The summed E-state index contributed by atoms with van der Waals surface area (Å²) in [6.07, 6.45) is -0.348. The van der Waals surface area contributed by atoms with E-state index in [4.69, 9.17) is 11.6 Å². The molecule has 0 aromatic heterocycles. The number of fused-ring (bicyclic) bond motifs is 1. The summed E-state index contributed by atoms with van der Waals surface area (Å²) in [5, 5.41) is 13.7. The van der Waals surface area contributed by atoms with E-state index < -0.39 is 11.5 Å². The van der Waals surface area contributed by atoms with Gasteiger partial charge in [0.15, 0.2) is 11.4 Å². The van der Waals surface area contributed by atoms with Crippen LogP contribution in [0.4, 0.5) is 5.69 Å². The lowest BCUT2D eigenvalue weighted by atomic mass is 9.87. The Hall–Kier alpha value is -2.17. The van der Waals surface area contributed by atoms with Gasteiger partial charge in [-0.15, -0.1) is 0 Å². The van der Waals surface area contributed by atoms with Crippen LogP contribution in [0.1, 0.15) is 27.9 Å². The van der Waals surface area contributed by atoms with Gasteiger partial charge in [-0.1, -0.05) is 48.0 Å². The van der Waals surface area contributed by atoms with Crippen LogP contribution in [-0.4, -0.2) is 16.8 Å². The molecule has 0 fully saturated rings. The van der Waals surface area contributed by atoms with Crippen LogP contribution in [0.15, 0.2) is 42.5 Å². The first-order chi connectivity index (χ1) is 10.4. The third kappa shape index (κ3) is 2.21. The molecule has 1 amide bonds. The zero-order chi connectivity index (χ0) is 15.9. The SMILES string of the molecule is Cc1ccc(Cl)c2c1NC(=O)C2(O)CC(=O)c1ccccc1. The Morgan fingerprint density at radius 2 is 1.91 bits per heavy atom. The lowest BCUT2D eigenvalue weighted by molar-refractivity contribution is -0.133. The van der Waals surface area contributed by atoms with Crippen molar-refractivity contribution in [1.82, 2.24) is 0 Å². The highest BCUT2D eigenvalue weighted by Gasteiger charge is 2.48. The van der Waals surface area contributed by atoms with E-state index in [9.17, 15) is 14.7 Å². The molecular formula is C17H14ClNO3. The summed E-state index contributed by atoms with van der Waals surface area (Å²) in [6, 6.07) is 11.9. The second-order valence-corrected chi connectivity index (χ2v) is 5.80. The molecule has 1 unspecified atom stereocenters. The minimum absolute atomic E-state index is 0.266. The molecule has 112 valence electrons. The first-order valence-corrected chi connectivity index (χ1v) is 7.23. The molecule has 1 heterocycles. The molecule has 0 bridgehead atoms. The third-order valence-electron chi connectivity index (χ3n) is 3.90. The van der Waals surface area contributed by atoms with Crippen LogP contribution in [0, 0.1) is 6.92 Å². The lowest BCUT2D eigenvalue weighted by Crippen LogP contribution is -2.36. The quantitative estimate of drug-likeness (QED) is 0.855. The highest BCUT2D eigenvalue weighted by Crippen LogP contribution is 2.44. The molecule has 1 atom stereocenters. The number of halogens is 1. The number of ketones is 1. The third-order valence-corrected chi connectivity index (χ3v) is 4.22. The summed E-state index contributed by atoms with van der Waals surface area (Å²) >= 11 is 6.16. The standard InChI is InChI=1S/C17H14ClNO3/c1-10-7-8-12(18)14-15(10)19-16(21)17(14,22)9-13(20)11-5-3-2-4-6-11/h2-8,22H,9H2,1H3,(H,19,21). The van der Waals surface area contributed by atoms with Gasteiger partial charge in [0.25, 0.3) is 5.91 Å². The van der Waals surface area contributed by atoms with Crippen LogP contribution >= 0.6 is 11.6 Å². The van der Waals surface area contributed by atoms with E-state index in [0.29, 0.717) is 11.3 Å². The Kier molecular flexibility index (Phi) is 3.51. The molecule has 22 heavy (non-hydrogen) atoms. The van der Waals surface area contributed by atoms with E-state index in [1.165, 1.54) is 0 Å². The molecule has 0 spiro atoms. The Bertz CT molecular complexity index is 773. The first kappa shape index (κ1) is 14.8. The van der Waals surface area contributed by atoms with Gasteiger partial charge in [-0.2, -0.15) is 0 Å². The van der Waals surface area contributed by atoms with E-state index in [2.05, 4.69) is 5.32 Å². The fraction of sp³-hybridized carbons (Fsp3) is 0.176. The average molecular weight is 316 g/mol. The van der Waals surface area contributed by atoms with Gasteiger partial charge in [-0.3, -0.25) is 9.59 Å². The summed E-state index contributed by atoms with van der Waals surface area (Å²) < 4.78 is 0. The van der Waals surface area contributed by atoms with Gasteiger partial charge in [-0.05, 0) is 18.6 Å². The number of carbonyl (C=O) groups excluding carboxylic acids is 2. The van der Waals surface area contributed by atoms with E-state index in [1.54, 1.807) is 49.4 Å². The summed E-state index contributed by atoms with van der Waals surface area (Å²) in [5.74, 6) is -0.938. The molecule has 0 saturated heterocycles. The van der Waals surface area contributed by atoms with Crippen molar-refractivity contribution in [3.8, 4) is 0 Å². The minimum Gasteiger partial charge on any atom is -0.375 e. The normalized spacial score (nSPS) is 19.7. The molecule has 2 aromatic rings. The maximum Gasteiger partial charge on any atom is 0.261 e. The maximum absolute atomic E-state index is 12.4. The van der Waals surface area contributed by atoms with Crippen LogP contribution in [0.5, 0.6) is 0 Å². The maximum atomic E-state index is 12.4. The van der Waals surface area contributed by atoms with E-state index in [-0.39, 0.29) is 22.8 Å². The molecule has 3 rings (SSSR count). The van der Waals surface area contributed by atoms with Crippen molar-refractivity contribution >= 4 is 29.0 Å². The average Bonchev–Trinajstić information content (AvgIpc) is 2.77. The molecule has 1 aliphatic heterocycles. The number of benzene rings is 2. The smallest absolute Gasteiger partial charge is 0.261 e. The van der Waals surface area contributed by atoms with E-state index in [0.717, 1.165) is 5.56 Å². The number of nitrogens with one attached hydrogen (secondary N) is 1. The predicted molar refractivity (Wildman–Crippen MR) is 84.1 cm³/mol. The van der Waals surface area contributed by atoms with Crippen LogP contribution in [0.3, 0.4) is 0 Å². The highest BCUT2D eigenvalue weighted by molar-refractivity contribution is 6.33. The van der Waals surface area contributed by atoms with Gasteiger partial charge in [0.1, 0.15) is 0 Å². The van der Waals surface area contributed by atoms with Gasteiger partial charge in [-0.25, -0.2) is 0 Å². The number of aliphatic hydroxyl groups is 1. The van der Waals surface area contributed by atoms with Crippen molar-refractivity contribution in [3.05, 3.63) is 64.2 Å². The van der Waals surface area contributed by atoms with Crippen molar-refractivity contribution in [3.63, 3.8) is 0 Å². The highest BCUT2D eigenvalue weighted by atomic mass is 35.5. The summed E-state index contributed by atoms with van der Waals surface area (Å²) in [4.78, 5) is 24.6. The van der Waals surface area contributed by atoms with Crippen molar-refractivity contribution in [1.29, 1.82) is 0 Å². The number of hydrogen-bond donors (Lipinski definition) is 2. The first-order valence-electron chi connectivity index (χ1n) is 6.85. The summed E-state index contributed by atoms with van der Waals surface area (Å²) in [5.41, 5.74) is 0.0619. The zero-order valence-electron chi connectivity index (χ0n) is 11.9. The molecule has 0 saturated carbocycles. The Labute approximate surface area is 132 Å². The monoisotopic (exact) mass is 315 g/mol. The van der Waals surface area contributed by atoms with Crippen molar-refractivity contribution in [2.24, 2.45) is 0 Å². The number of Topliss-reactive ketones (excluding diaryl/α,β-unsaturated/α-hetero) is 1. The molecule has 0 radical (unpaired) electrons. The largest absolute Gasteiger partial charge is 0.375 e. The number of rotatable bonds is 3. The van der Waals surface area contributed by atoms with Gasteiger partial charge in [0.2, 0.25) is 0 Å². The van der Waals surface area contributed by atoms with Crippen LogP contribution in [0.25, 0.3) is 0 Å². The van der Waals surface area contributed by atoms with Gasteiger partial charge >= 0.3 is 0 Å². The van der Waals surface area contributed by atoms with E-state index in [1.807, 2.05) is 0 Å². The summed E-state index contributed by atoms with van der Waals surface area (Å²) in [7, 11) is 0. The van der Waals surface area contributed by atoms with E-state index >= 15 is 0 Å². The van der Waals surface area contributed by atoms with Crippen molar-refractivity contribution in [2.75, 3.05) is 5.32 Å². The molecule has 4 nitrogen and oxygen atoms in total.